The number of likely N-dealkylation sites (N-methyl/N-ethyl adjacent to an activating group) is 1. The van der Waals surface area contributed by atoms with Crippen molar-refractivity contribution < 1.29 is 9.53 Å². The number of carbonyl (C=O) groups is 1. The first kappa shape index (κ1) is 13.8. The van der Waals surface area contributed by atoms with Crippen LogP contribution in [-0.2, 0) is 16.0 Å². The van der Waals surface area contributed by atoms with E-state index in [1.165, 1.54) is 5.56 Å². The van der Waals surface area contributed by atoms with E-state index in [4.69, 9.17) is 4.74 Å². The molecule has 0 spiro atoms. The Morgan fingerprint density at radius 2 is 1.67 bits per heavy atom. The van der Waals surface area contributed by atoms with Gasteiger partial charge in [0.1, 0.15) is 12.6 Å². The minimum absolute atomic E-state index is 0.123. The number of cyclic esters (lactones) is 1. The number of nitrogens with zero attached hydrogens (tertiary/aromatic N) is 1. The Morgan fingerprint density at radius 3 is 2.33 bits per heavy atom. The van der Waals surface area contributed by atoms with Crippen molar-refractivity contribution in [2.45, 2.75) is 18.5 Å². The van der Waals surface area contributed by atoms with Gasteiger partial charge in [-0.25, -0.2) is 0 Å². The van der Waals surface area contributed by atoms with Gasteiger partial charge >= 0.3 is 5.97 Å². The Balaban J connectivity index is 1.81. The summed E-state index contributed by atoms with van der Waals surface area (Å²) in [5.41, 5.74) is 2.34. The number of hydrogen-bond acceptors (Lipinski definition) is 3. The highest BCUT2D eigenvalue weighted by Crippen LogP contribution is 2.27. The van der Waals surface area contributed by atoms with Crippen LogP contribution in [0.1, 0.15) is 17.2 Å². The van der Waals surface area contributed by atoms with Gasteiger partial charge in [0.25, 0.3) is 0 Å². The molecular weight excluding hydrogens is 262 g/mol. The molecule has 3 rings (SSSR count). The average Bonchev–Trinajstić information content (AvgIpc) is 2.53. The van der Waals surface area contributed by atoms with Gasteiger partial charge in [0.2, 0.25) is 0 Å². The van der Waals surface area contributed by atoms with Crippen LogP contribution in [0.3, 0.4) is 0 Å². The van der Waals surface area contributed by atoms with Crippen LogP contribution in [0.2, 0.25) is 0 Å². The molecule has 1 aliphatic heterocycles. The SMILES string of the molecule is CN1[C@H](Cc2ccccc2)C(=O)OC[C@H]1c1ccccc1. The van der Waals surface area contributed by atoms with Crippen LogP contribution >= 0.6 is 0 Å². The van der Waals surface area contributed by atoms with Crippen molar-refractivity contribution in [1.82, 2.24) is 4.90 Å². The molecule has 108 valence electrons. The van der Waals surface area contributed by atoms with Gasteiger partial charge in [0.05, 0.1) is 6.04 Å². The van der Waals surface area contributed by atoms with Gasteiger partial charge in [-0.3, -0.25) is 9.69 Å². The third kappa shape index (κ3) is 2.98. The molecule has 0 bridgehead atoms. The molecule has 0 unspecified atom stereocenters. The second-order valence-electron chi connectivity index (χ2n) is 5.43. The number of esters is 1. The maximum Gasteiger partial charge on any atom is 0.323 e. The zero-order chi connectivity index (χ0) is 14.7. The Bertz CT molecular complexity index is 597. The first-order valence-electron chi connectivity index (χ1n) is 7.23. The number of morpholine rings is 1. The lowest BCUT2D eigenvalue weighted by molar-refractivity contribution is -0.161. The maximum absolute atomic E-state index is 12.1. The first-order valence-corrected chi connectivity index (χ1v) is 7.23. The summed E-state index contributed by atoms with van der Waals surface area (Å²) < 4.78 is 5.42. The van der Waals surface area contributed by atoms with E-state index in [0.717, 1.165) is 5.56 Å². The fraction of sp³-hybridized carbons (Fsp3) is 0.278. The molecule has 0 aliphatic carbocycles. The summed E-state index contributed by atoms with van der Waals surface area (Å²) in [7, 11) is 2.01. The Morgan fingerprint density at radius 1 is 1.05 bits per heavy atom. The smallest absolute Gasteiger partial charge is 0.323 e. The van der Waals surface area contributed by atoms with Crippen molar-refractivity contribution in [1.29, 1.82) is 0 Å². The number of carbonyl (C=O) groups excluding carboxylic acids is 1. The first-order chi connectivity index (χ1) is 10.3. The van der Waals surface area contributed by atoms with Crippen LogP contribution in [0, 0.1) is 0 Å². The van der Waals surface area contributed by atoms with Crippen LogP contribution in [0.15, 0.2) is 60.7 Å². The third-order valence-corrected chi connectivity index (χ3v) is 4.09. The summed E-state index contributed by atoms with van der Waals surface area (Å²) in [5, 5.41) is 0. The van der Waals surface area contributed by atoms with E-state index in [9.17, 15) is 4.79 Å². The van der Waals surface area contributed by atoms with E-state index in [0.29, 0.717) is 13.0 Å². The lowest BCUT2D eigenvalue weighted by Crippen LogP contribution is -2.49. The van der Waals surface area contributed by atoms with Crippen molar-refractivity contribution in [3.05, 3.63) is 71.8 Å². The summed E-state index contributed by atoms with van der Waals surface area (Å²) in [5.74, 6) is -0.131. The van der Waals surface area contributed by atoms with Gasteiger partial charge in [-0.2, -0.15) is 0 Å². The number of rotatable bonds is 3. The predicted molar refractivity (Wildman–Crippen MR) is 81.8 cm³/mol. The van der Waals surface area contributed by atoms with Gasteiger partial charge in [0, 0.05) is 0 Å². The minimum atomic E-state index is -0.230. The standard InChI is InChI=1S/C18H19NO2/c1-19-16(12-14-8-4-2-5-9-14)18(20)21-13-17(19)15-10-6-3-7-11-15/h2-11,16-17H,12-13H2,1H3/t16-,17+/m1/s1. The molecular formula is C18H19NO2. The highest BCUT2D eigenvalue weighted by Gasteiger charge is 2.36. The van der Waals surface area contributed by atoms with Crippen molar-refractivity contribution in [3.8, 4) is 0 Å². The highest BCUT2D eigenvalue weighted by atomic mass is 16.5. The quantitative estimate of drug-likeness (QED) is 0.810. The molecule has 2 aromatic rings. The van der Waals surface area contributed by atoms with Gasteiger partial charge in [-0.15, -0.1) is 0 Å². The molecule has 1 aliphatic rings. The van der Waals surface area contributed by atoms with Crippen LogP contribution in [-0.4, -0.2) is 30.6 Å². The zero-order valence-electron chi connectivity index (χ0n) is 12.1. The molecule has 0 saturated carbocycles. The Kier molecular flexibility index (Phi) is 4.02. The molecule has 0 radical (unpaired) electrons. The van der Waals surface area contributed by atoms with Crippen LogP contribution in [0.25, 0.3) is 0 Å². The Labute approximate surface area is 125 Å². The monoisotopic (exact) mass is 281 g/mol. The predicted octanol–water partition coefficient (Wildman–Crippen LogP) is 2.83. The maximum atomic E-state index is 12.1. The van der Waals surface area contributed by atoms with E-state index < -0.39 is 0 Å². The molecule has 0 N–H and O–H groups in total. The second kappa shape index (κ2) is 6.10. The third-order valence-electron chi connectivity index (χ3n) is 4.09. The van der Waals surface area contributed by atoms with Crippen LogP contribution in [0.5, 0.6) is 0 Å². The molecule has 0 aromatic heterocycles. The molecule has 1 heterocycles. The molecule has 1 fully saturated rings. The molecule has 0 amide bonds. The molecule has 21 heavy (non-hydrogen) atoms. The molecule has 1 saturated heterocycles. The van der Waals surface area contributed by atoms with E-state index in [1.807, 2.05) is 55.6 Å². The summed E-state index contributed by atoms with van der Waals surface area (Å²) in [6, 6.07) is 20.2. The number of hydrogen-bond donors (Lipinski definition) is 0. The average molecular weight is 281 g/mol. The molecule has 2 atom stereocenters. The highest BCUT2D eigenvalue weighted by molar-refractivity contribution is 5.77. The van der Waals surface area contributed by atoms with Gasteiger partial charge in [0.15, 0.2) is 0 Å². The number of ether oxygens (including phenoxy) is 1. The van der Waals surface area contributed by atoms with E-state index in [-0.39, 0.29) is 18.1 Å². The fourth-order valence-electron chi connectivity index (χ4n) is 2.83. The molecule has 3 heteroatoms. The van der Waals surface area contributed by atoms with Crippen molar-refractivity contribution in [2.75, 3.05) is 13.7 Å². The lowest BCUT2D eigenvalue weighted by atomic mass is 9.98. The number of benzene rings is 2. The van der Waals surface area contributed by atoms with Crippen LogP contribution in [0.4, 0.5) is 0 Å². The normalized spacial score (nSPS) is 22.8. The zero-order valence-corrected chi connectivity index (χ0v) is 12.1. The van der Waals surface area contributed by atoms with Gasteiger partial charge < -0.3 is 4.74 Å². The van der Waals surface area contributed by atoms with Crippen molar-refractivity contribution in [3.63, 3.8) is 0 Å². The lowest BCUT2D eigenvalue weighted by Gasteiger charge is -2.38. The fourth-order valence-corrected chi connectivity index (χ4v) is 2.83. The summed E-state index contributed by atoms with van der Waals surface area (Å²) in [4.78, 5) is 14.3. The van der Waals surface area contributed by atoms with Crippen molar-refractivity contribution in [2.24, 2.45) is 0 Å². The van der Waals surface area contributed by atoms with E-state index in [2.05, 4.69) is 17.0 Å². The molecule has 2 aromatic carbocycles. The van der Waals surface area contributed by atoms with E-state index >= 15 is 0 Å². The van der Waals surface area contributed by atoms with E-state index in [1.54, 1.807) is 0 Å². The minimum Gasteiger partial charge on any atom is -0.462 e. The van der Waals surface area contributed by atoms with Crippen LogP contribution < -0.4 is 0 Å². The van der Waals surface area contributed by atoms with Gasteiger partial charge in [-0.1, -0.05) is 60.7 Å². The summed E-state index contributed by atoms with van der Waals surface area (Å²) >= 11 is 0. The summed E-state index contributed by atoms with van der Waals surface area (Å²) in [6.07, 6.45) is 0.680. The largest absolute Gasteiger partial charge is 0.462 e. The Hall–Kier alpha value is -2.13. The van der Waals surface area contributed by atoms with Gasteiger partial charge in [-0.05, 0) is 24.6 Å². The van der Waals surface area contributed by atoms with Crippen molar-refractivity contribution >= 4 is 5.97 Å². The topological polar surface area (TPSA) is 29.5 Å². The second-order valence-corrected chi connectivity index (χ2v) is 5.43. The summed E-state index contributed by atoms with van der Waals surface area (Å²) in [6.45, 7) is 0.421. The molecule has 3 nitrogen and oxygen atoms in total.